The summed E-state index contributed by atoms with van der Waals surface area (Å²) in [6, 6.07) is 53.8. The molecule has 0 N–H and O–H groups in total. The molecule has 0 saturated heterocycles. The molecule has 7 aromatic carbocycles. The third-order valence-corrected chi connectivity index (χ3v) is 10.6. The van der Waals surface area contributed by atoms with Gasteiger partial charge in [0.1, 0.15) is 0 Å². The molecular formula is C52H38N6O2. The van der Waals surface area contributed by atoms with E-state index in [-0.39, 0.29) is 0 Å². The van der Waals surface area contributed by atoms with Crippen LogP contribution in [0, 0.1) is 27.7 Å². The molecular weight excluding hydrogens is 741 g/mol. The minimum absolute atomic E-state index is 0.489. The van der Waals surface area contributed by atoms with Gasteiger partial charge in [-0.25, -0.2) is 9.97 Å². The summed E-state index contributed by atoms with van der Waals surface area (Å²) in [7, 11) is 0. The average molecular weight is 779 g/mol. The van der Waals surface area contributed by atoms with Crippen molar-refractivity contribution in [3.05, 3.63) is 180 Å². The zero-order valence-corrected chi connectivity index (χ0v) is 33.5. The van der Waals surface area contributed by atoms with E-state index in [1.54, 1.807) is 0 Å². The monoisotopic (exact) mass is 778 g/mol. The van der Waals surface area contributed by atoms with E-state index in [0.29, 0.717) is 23.6 Å². The SMILES string of the molecule is Cc1cc(C)cc(-c2nnc(-c3ccc(-c4ccc(-c5nc6ccccc6nc5-c5ccc(-c6ccc(-c7nnc(-c8cc(C)cc(C)c8)o7)cc6)cc5)cc4)cc3)o2)c1. The van der Waals surface area contributed by atoms with Crippen LogP contribution in [0.15, 0.2) is 167 Å². The van der Waals surface area contributed by atoms with Crippen molar-refractivity contribution in [3.8, 4) is 90.6 Å². The van der Waals surface area contributed by atoms with Crippen LogP contribution >= 0.6 is 0 Å². The quantitative estimate of drug-likeness (QED) is 0.150. The van der Waals surface area contributed by atoms with Crippen molar-refractivity contribution in [2.24, 2.45) is 0 Å². The summed E-state index contributed by atoms with van der Waals surface area (Å²) in [4.78, 5) is 10.3. The second-order valence-corrected chi connectivity index (χ2v) is 15.3. The molecule has 0 spiro atoms. The van der Waals surface area contributed by atoms with Gasteiger partial charge in [0.15, 0.2) is 0 Å². The Morgan fingerprint density at radius 3 is 0.867 bits per heavy atom. The third kappa shape index (κ3) is 7.27. The van der Waals surface area contributed by atoms with Gasteiger partial charge in [0.05, 0.1) is 22.4 Å². The number of benzene rings is 7. The van der Waals surface area contributed by atoms with Gasteiger partial charge in [-0.05, 0) is 111 Å². The van der Waals surface area contributed by atoms with Crippen molar-refractivity contribution in [1.29, 1.82) is 0 Å². The predicted molar refractivity (Wildman–Crippen MR) is 238 cm³/mol. The molecule has 8 nitrogen and oxygen atoms in total. The topological polar surface area (TPSA) is 104 Å². The van der Waals surface area contributed by atoms with Crippen LogP contribution < -0.4 is 0 Å². The minimum atomic E-state index is 0.489. The van der Waals surface area contributed by atoms with Crippen molar-refractivity contribution >= 4 is 11.0 Å². The Hall–Kier alpha value is -7.84. The highest BCUT2D eigenvalue weighted by Gasteiger charge is 2.16. The van der Waals surface area contributed by atoms with Crippen molar-refractivity contribution < 1.29 is 8.83 Å². The molecule has 10 aromatic rings. The smallest absolute Gasteiger partial charge is 0.248 e. The molecule has 3 aromatic heterocycles. The largest absolute Gasteiger partial charge is 0.416 e. The molecule has 0 aliphatic carbocycles. The van der Waals surface area contributed by atoms with Gasteiger partial charge < -0.3 is 8.83 Å². The van der Waals surface area contributed by atoms with Gasteiger partial charge in [-0.15, -0.1) is 20.4 Å². The van der Waals surface area contributed by atoms with E-state index in [1.807, 2.05) is 48.5 Å². The number of aryl methyl sites for hydroxylation is 4. The molecule has 0 aliphatic heterocycles. The Morgan fingerprint density at radius 1 is 0.283 bits per heavy atom. The molecule has 3 heterocycles. The maximum absolute atomic E-state index is 6.08. The lowest BCUT2D eigenvalue weighted by atomic mass is 9.97. The Morgan fingerprint density at radius 2 is 0.550 bits per heavy atom. The molecule has 0 unspecified atom stereocenters. The van der Waals surface area contributed by atoms with E-state index < -0.39 is 0 Å². The van der Waals surface area contributed by atoms with Crippen LogP contribution in [0.5, 0.6) is 0 Å². The first-order chi connectivity index (χ1) is 29.3. The number of nitrogens with zero attached hydrogens (tertiary/aromatic N) is 6. The van der Waals surface area contributed by atoms with Gasteiger partial charge in [-0.1, -0.05) is 119 Å². The van der Waals surface area contributed by atoms with E-state index in [1.165, 1.54) is 0 Å². The number of aromatic nitrogens is 6. The molecule has 8 heteroatoms. The van der Waals surface area contributed by atoms with E-state index in [4.69, 9.17) is 18.8 Å². The fourth-order valence-electron chi connectivity index (χ4n) is 7.76. The first kappa shape index (κ1) is 36.5. The summed E-state index contributed by atoms with van der Waals surface area (Å²) in [5, 5.41) is 17.3. The zero-order valence-electron chi connectivity index (χ0n) is 33.5. The molecule has 288 valence electrons. The van der Waals surface area contributed by atoms with Gasteiger partial charge in [-0.3, -0.25) is 0 Å². The molecule has 0 aliphatic rings. The third-order valence-electron chi connectivity index (χ3n) is 10.6. The normalized spacial score (nSPS) is 11.3. The fraction of sp³-hybridized carbons (Fsp3) is 0.0769. The van der Waals surface area contributed by atoms with Crippen LogP contribution in [0.1, 0.15) is 22.3 Å². The lowest BCUT2D eigenvalue weighted by molar-refractivity contribution is 0.584. The maximum Gasteiger partial charge on any atom is 0.248 e. The van der Waals surface area contributed by atoms with Crippen LogP contribution in [0.2, 0.25) is 0 Å². The summed E-state index contributed by atoms with van der Waals surface area (Å²) in [5.41, 5.74) is 17.8. The Bertz CT molecular complexity index is 2910. The predicted octanol–water partition coefficient (Wildman–Crippen LogP) is 13.0. The van der Waals surface area contributed by atoms with Crippen molar-refractivity contribution in [2.45, 2.75) is 27.7 Å². The maximum atomic E-state index is 6.08. The Balaban J connectivity index is 0.890. The van der Waals surface area contributed by atoms with Crippen molar-refractivity contribution in [1.82, 2.24) is 30.4 Å². The highest BCUT2D eigenvalue weighted by molar-refractivity contribution is 5.87. The molecule has 0 fully saturated rings. The number of fused-ring (bicyclic) bond motifs is 1. The summed E-state index contributed by atoms with van der Waals surface area (Å²) < 4.78 is 12.2. The van der Waals surface area contributed by atoms with E-state index in [9.17, 15) is 0 Å². The van der Waals surface area contributed by atoms with Crippen molar-refractivity contribution in [2.75, 3.05) is 0 Å². The second-order valence-electron chi connectivity index (χ2n) is 15.3. The van der Waals surface area contributed by atoms with Crippen LogP contribution in [-0.4, -0.2) is 30.4 Å². The summed E-state index contributed by atoms with van der Waals surface area (Å²) >= 11 is 0. The first-order valence-corrected chi connectivity index (χ1v) is 19.8. The highest BCUT2D eigenvalue weighted by atomic mass is 16.4. The van der Waals surface area contributed by atoms with Crippen molar-refractivity contribution in [3.63, 3.8) is 0 Å². The lowest BCUT2D eigenvalue weighted by Crippen LogP contribution is -1.95. The van der Waals surface area contributed by atoms with Gasteiger partial charge in [0, 0.05) is 33.4 Å². The second kappa shape index (κ2) is 15.2. The Kier molecular flexibility index (Phi) is 9.22. The molecule has 0 saturated carbocycles. The van der Waals surface area contributed by atoms with Crippen LogP contribution in [0.3, 0.4) is 0 Å². The van der Waals surface area contributed by atoms with E-state index >= 15 is 0 Å². The molecule has 0 amide bonds. The Labute approximate surface area is 347 Å². The standard InChI is InChI=1S/C52H38N6O2/c1-31-25-32(2)28-43(27-31)51-57-55-49(59-51)41-21-13-37(14-22-41)35-9-17-39(18-10-35)47-48(54-46-8-6-5-7-45(46)53-47)40-19-11-36(12-20-40)38-15-23-42(24-16-38)50-56-58-52(60-50)44-29-33(3)26-34(4)30-44/h5-30H,1-4H3. The molecule has 60 heavy (non-hydrogen) atoms. The van der Waals surface area contributed by atoms with E-state index in [0.717, 1.165) is 100 Å². The summed E-state index contributed by atoms with van der Waals surface area (Å²) in [6.45, 7) is 8.26. The van der Waals surface area contributed by atoms with Gasteiger partial charge in [0.25, 0.3) is 0 Å². The first-order valence-electron chi connectivity index (χ1n) is 19.8. The number of rotatable bonds is 8. The summed E-state index contributed by atoms with van der Waals surface area (Å²) in [5.74, 6) is 2.00. The summed E-state index contributed by atoms with van der Waals surface area (Å²) in [6.07, 6.45) is 0. The average Bonchev–Trinajstić information content (AvgIpc) is 3.98. The van der Waals surface area contributed by atoms with Crippen LogP contribution in [0.4, 0.5) is 0 Å². The fourth-order valence-corrected chi connectivity index (χ4v) is 7.76. The van der Waals surface area contributed by atoms with Crippen LogP contribution in [0.25, 0.3) is 102 Å². The zero-order chi connectivity index (χ0) is 40.7. The lowest BCUT2D eigenvalue weighted by Gasteiger charge is -2.12. The molecule has 10 rings (SSSR count). The van der Waals surface area contributed by atoms with Gasteiger partial charge in [-0.2, -0.15) is 0 Å². The van der Waals surface area contributed by atoms with Gasteiger partial charge >= 0.3 is 0 Å². The number of hydrogen-bond acceptors (Lipinski definition) is 8. The number of hydrogen-bond donors (Lipinski definition) is 0. The highest BCUT2D eigenvalue weighted by Crippen LogP contribution is 2.35. The van der Waals surface area contributed by atoms with Crippen LogP contribution in [-0.2, 0) is 0 Å². The van der Waals surface area contributed by atoms with Gasteiger partial charge in [0.2, 0.25) is 23.6 Å². The minimum Gasteiger partial charge on any atom is -0.416 e. The number of para-hydroxylation sites is 2. The molecule has 0 bridgehead atoms. The molecule has 0 atom stereocenters. The van der Waals surface area contributed by atoms with E-state index in [2.05, 4.69) is 157 Å². The molecule has 0 radical (unpaired) electrons.